The number of rotatable bonds is 2. The summed E-state index contributed by atoms with van der Waals surface area (Å²) in [6.45, 7) is 6.16. The Kier molecular flexibility index (Phi) is 4.29. The van der Waals surface area contributed by atoms with Crippen LogP contribution in [0, 0.1) is 0 Å². The predicted octanol–water partition coefficient (Wildman–Crippen LogP) is 0.719. The lowest BCUT2D eigenvalue weighted by atomic mass is 11.3. The third kappa shape index (κ3) is 2.79. The van der Waals surface area contributed by atoms with Gasteiger partial charge in [0, 0.05) is 10.8 Å². The Bertz CT molecular complexity index is 435. The first-order valence-corrected chi connectivity index (χ1v) is 8.52. The first-order chi connectivity index (χ1) is 6.19. The molecule has 0 spiro atoms. The van der Waals surface area contributed by atoms with E-state index in [2.05, 4.69) is 13.2 Å². The molecule has 0 aliphatic rings. The molecule has 0 saturated heterocycles. The van der Waals surface area contributed by atoms with Crippen LogP contribution < -0.4 is 0 Å². The minimum atomic E-state index is -3.90. The van der Waals surface area contributed by atoms with Crippen molar-refractivity contribution in [3.05, 3.63) is 24.0 Å². The van der Waals surface area contributed by atoms with Gasteiger partial charge in [-0.15, -0.1) is 0 Å². The van der Waals surface area contributed by atoms with E-state index in [1.165, 1.54) is 12.5 Å². The highest BCUT2D eigenvalue weighted by Gasteiger charge is 2.27. The van der Waals surface area contributed by atoms with Crippen LogP contribution in [0.15, 0.2) is 24.0 Å². The van der Waals surface area contributed by atoms with Crippen LogP contribution in [0.4, 0.5) is 0 Å². The molecule has 0 aromatic heterocycles. The van der Waals surface area contributed by atoms with Crippen molar-refractivity contribution < 1.29 is 16.8 Å². The molecule has 0 atom stereocenters. The molecule has 0 radical (unpaired) electrons. The van der Waals surface area contributed by atoms with E-state index in [9.17, 15) is 16.8 Å². The predicted molar refractivity (Wildman–Crippen MR) is 62.7 cm³/mol. The van der Waals surface area contributed by atoms with E-state index in [1.807, 2.05) is 0 Å². The monoisotopic (exact) mass is 256 g/mol. The molecule has 0 aliphatic carbocycles. The van der Waals surface area contributed by atoms with Crippen LogP contribution in [0.3, 0.4) is 0 Å². The van der Waals surface area contributed by atoms with Gasteiger partial charge >= 0.3 is 0 Å². The molecular weight excluding hydrogens is 244 g/mol. The molecule has 82 valence electrons. The Morgan fingerprint density at radius 1 is 1.00 bits per heavy atom. The largest absolute Gasteiger partial charge is 0.218 e. The molecule has 0 rings (SSSR count). The summed E-state index contributed by atoms with van der Waals surface area (Å²) < 4.78 is 45.0. The third-order valence-corrected chi connectivity index (χ3v) is 8.50. The van der Waals surface area contributed by atoms with E-state index in [-0.39, 0.29) is 0 Å². The fourth-order valence-electron chi connectivity index (χ4n) is 0.763. The summed E-state index contributed by atoms with van der Waals surface area (Å²) in [6, 6.07) is 0. The fourth-order valence-corrected chi connectivity index (χ4v) is 6.86. The van der Waals surface area contributed by atoms with Gasteiger partial charge in [-0.25, -0.2) is 16.8 Å². The molecule has 0 aromatic rings. The van der Waals surface area contributed by atoms with Crippen molar-refractivity contribution in [2.45, 2.75) is 0 Å². The lowest BCUT2D eigenvalue weighted by molar-refractivity contribution is 0.612. The number of hydrogen-bond donors (Lipinski definition) is 0. The van der Waals surface area contributed by atoms with E-state index in [4.69, 9.17) is 0 Å². The summed E-state index contributed by atoms with van der Waals surface area (Å²) in [7, 11) is -8.69. The maximum Gasteiger partial charge on any atom is 0.215 e. The zero-order chi connectivity index (χ0) is 11.6. The molecule has 0 heterocycles. The quantitative estimate of drug-likeness (QED) is 0.683. The Morgan fingerprint density at radius 2 is 1.29 bits per heavy atom. The summed E-state index contributed by atoms with van der Waals surface area (Å²) in [5.41, 5.74) is 0. The standard InChI is InChI=1S/C7H12O4S3/c1-5-13(8,9)7(12(3)4)14(10,11)6-2/h5-6H,1-2H2,3-4H3. The van der Waals surface area contributed by atoms with Crippen LogP contribution >= 0.6 is 10.5 Å². The maximum absolute atomic E-state index is 11.4. The summed E-state index contributed by atoms with van der Waals surface area (Å²) in [4.78, 5) is 0. The Hall–Kier alpha value is -0.400. The molecular formula is C7H12O4S3. The first kappa shape index (κ1) is 13.6. The molecule has 14 heavy (non-hydrogen) atoms. The molecule has 7 heteroatoms. The molecule has 0 fully saturated rings. The zero-order valence-electron chi connectivity index (χ0n) is 7.93. The minimum absolute atomic E-state index is 0.532. The maximum atomic E-state index is 11.4. The fraction of sp³-hybridized carbons (Fsp3) is 0.286. The van der Waals surface area contributed by atoms with Crippen molar-refractivity contribution in [1.29, 1.82) is 0 Å². The van der Waals surface area contributed by atoms with Crippen LogP contribution in [-0.2, 0) is 19.7 Å². The van der Waals surface area contributed by atoms with Crippen molar-refractivity contribution >= 4 is 33.7 Å². The molecule has 0 aliphatic heterocycles. The second kappa shape index (κ2) is 4.41. The Balaban J connectivity index is 6.10. The molecule has 0 unspecified atom stereocenters. The molecule has 0 bridgehead atoms. The number of sulfone groups is 2. The summed E-state index contributed by atoms with van der Waals surface area (Å²) >= 11 is 0. The van der Waals surface area contributed by atoms with Crippen molar-refractivity contribution in [2.24, 2.45) is 0 Å². The van der Waals surface area contributed by atoms with Crippen LogP contribution in [0.25, 0.3) is 0 Å². The Labute approximate surface area is 87.1 Å². The second-order valence-corrected chi connectivity index (χ2v) is 8.97. The molecule has 0 aromatic carbocycles. The lowest BCUT2D eigenvalue weighted by Crippen LogP contribution is -2.21. The SMILES string of the molecule is C=CS(=O)(=O)C(=S(C)C)S(=O)(=O)C=C. The van der Waals surface area contributed by atoms with E-state index in [0.29, 0.717) is 10.8 Å². The van der Waals surface area contributed by atoms with Crippen LogP contribution in [0.5, 0.6) is 0 Å². The van der Waals surface area contributed by atoms with Gasteiger partial charge in [-0.1, -0.05) is 13.2 Å². The lowest BCUT2D eigenvalue weighted by Gasteiger charge is -2.05. The van der Waals surface area contributed by atoms with Gasteiger partial charge in [0.1, 0.15) is 0 Å². The summed E-state index contributed by atoms with van der Waals surface area (Å²) in [5, 5.41) is 1.27. The highest BCUT2D eigenvalue weighted by molar-refractivity contribution is 8.49. The van der Waals surface area contributed by atoms with Gasteiger partial charge in [0.05, 0.1) is 0 Å². The summed E-state index contributed by atoms with van der Waals surface area (Å²) in [6.07, 6.45) is 3.02. The smallest absolute Gasteiger partial charge is 0.215 e. The number of hydrogen-bond acceptors (Lipinski definition) is 4. The van der Waals surface area contributed by atoms with Crippen molar-refractivity contribution in [3.8, 4) is 0 Å². The average molecular weight is 256 g/mol. The van der Waals surface area contributed by atoms with Crippen LogP contribution in [0.1, 0.15) is 0 Å². The minimum Gasteiger partial charge on any atom is -0.218 e. The third-order valence-electron chi connectivity index (χ3n) is 1.24. The average Bonchev–Trinajstić information content (AvgIpc) is 2.02. The van der Waals surface area contributed by atoms with Crippen molar-refractivity contribution in [2.75, 3.05) is 12.5 Å². The molecule has 0 saturated carbocycles. The van der Waals surface area contributed by atoms with Gasteiger partial charge < -0.3 is 0 Å². The van der Waals surface area contributed by atoms with Crippen LogP contribution in [-0.4, -0.2) is 32.9 Å². The summed E-state index contributed by atoms with van der Waals surface area (Å²) in [5.74, 6) is 0. The molecule has 4 nitrogen and oxygen atoms in total. The van der Waals surface area contributed by atoms with Gasteiger partial charge in [0.2, 0.25) is 19.7 Å². The van der Waals surface area contributed by atoms with Gasteiger partial charge in [-0.05, 0) is 12.5 Å². The first-order valence-electron chi connectivity index (χ1n) is 3.38. The van der Waals surface area contributed by atoms with E-state index >= 15 is 0 Å². The van der Waals surface area contributed by atoms with Gasteiger partial charge in [0.25, 0.3) is 0 Å². The topological polar surface area (TPSA) is 68.3 Å². The Morgan fingerprint density at radius 3 is 1.43 bits per heavy atom. The van der Waals surface area contributed by atoms with Gasteiger partial charge in [-0.3, -0.25) is 0 Å². The molecule has 0 N–H and O–H groups in total. The highest BCUT2D eigenvalue weighted by Crippen LogP contribution is 2.16. The van der Waals surface area contributed by atoms with Crippen molar-refractivity contribution in [3.63, 3.8) is 0 Å². The van der Waals surface area contributed by atoms with Crippen molar-refractivity contribution in [1.82, 2.24) is 0 Å². The van der Waals surface area contributed by atoms with Crippen LogP contribution in [0.2, 0.25) is 0 Å². The zero-order valence-corrected chi connectivity index (χ0v) is 10.4. The van der Waals surface area contributed by atoms with Gasteiger partial charge in [0.15, 0.2) is 3.53 Å². The normalized spacial score (nSPS) is 12.5. The second-order valence-electron chi connectivity index (χ2n) is 2.49. The van der Waals surface area contributed by atoms with E-state index in [0.717, 1.165) is 0 Å². The van der Waals surface area contributed by atoms with E-state index < -0.39 is 33.7 Å². The van der Waals surface area contributed by atoms with E-state index in [1.54, 1.807) is 0 Å². The molecule has 0 amide bonds. The highest BCUT2D eigenvalue weighted by atomic mass is 32.3. The van der Waals surface area contributed by atoms with Gasteiger partial charge in [-0.2, -0.15) is 10.5 Å².